The van der Waals surface area contributed by atoms with Gasteiger partial charge < -0.3 is 19.3 Å². The molecule has 1 aliphatic heterocycles. The molecule has 2 aromatic carbocycles. The van der Waals surface area contributed by atoms with E-state index < -0.39 is 12.1 Å². The van der Waals surface area contributed by atoms with Crippen LogP contribution in [0, 0.1) is 0 Å². The lowest BCUT2D eigenvalue weighted by molar-refractivity contribution is -0.160. The van der Waals surface area contributed by atoms with Gasteiger partial charge in [0.2, 0.25) is 0 Å². The zero-order valence-electron chi connectivity index (χ0n) is 17.4. The number of ether oxygens (including phenoxy) is 2. The fraction of sp³-hybridized carbons (Fsp3) is 0.417. The molecule has 0 N–H and O–H groups in total. The number of esters is 1. The van der Waals surface area contributed by atoms with Crippen LogP contribution >= 0.6 is 0 Å². The number of rotatable bonds is 6. The lowest BCUT2D eigenvalue weighted by Crippen LogP contribution is -2.51. The number of hydrogen-bond acceptors (Lipinski definition) is 5. The highest BCUT2D eigenvalue weighted by Crippen LogP contribution is 2.26. The van der Waals surface area contributed by atoms with Gasteiger partial charge in [0.1, 0.15) is 5.75 Å². The van der Waals surface area contributed by atoms with Gasteiger partial charge in [-0.2, -0.15) is 0 Å². The van der Waals surface area contributed by atoms with Crippen molar-refractivity contribution < 1.29 is 19.1 Å². The third kappa shape index (κ3) is 4.75. The number of aryl methyl sites for hydroxylation is 2. The molecule has 4 rings (SSSR count). The molecule has 2 aliphatic rings. The molecular formula is C24H28N2O4. The molecule has 158 valence electrons. The number of piperazine rings is 1. The Labute approximate surface area is 177 Å². The standard InChI is InChI=1S/C24H28N2O4/c1-18(24(28)26-14-12-25(13-15-26)21-8-3-2-4-9-21)30-23(27)17-29-22-11-10-19-6-5-7-20(19)16-22/h2-4,8-11,16,18H,5-7,12-15,17H2,1H3/t18-/m0/s1. The van der Waals surface area contributed by atoms with Gasteiger partial charge in [0, 0.05) is 31.9 Å². The van der Waals surface area contributed by atoms with E-state index in [1.807, 2.05) is 30.3 Å². The van der Waals surface area contributed by atoms with Crippen molar-refractivity contribution in [2.24, 2.45) is 0 Å². The molecule has 1 atom stereocenters. The Morgan fingerprint density at radius 3 is 2.47 bits per heavy atom. The maximum Gasteiger partial charge on any atom is 0.344 e. The smallest absolute Gasteiger partial charge is 0.344 e. The first-order chi connectivity index (χ1) is 14.6. The molecule has 0 bridgehead atoms. The molecule has 0 radical (unpaired) electrons. The van der Waals surface area contributed by atoms with Crippen LogP contribution in [0.4, 0.5) is 5.69 Å². The number of amides is 1. The predicted molar refractivity (Wildman–Crippen MR) is 115 cm³/mol. The third-order valence-electron chi connectivity index (χ3n) is 5.80. The summed E-state index contributed by atoms with van der Waals surface area (Å²) in [5.41, 5.74) is 3.81. The summed E-state index contributed by atoms with van der Waals surface area (Å²) in [7, 11) is 0. The first-order valence-corrected chi connectivity index (χ1v) is 10.6. The number of hydrogen-bond donors (Lipinski definition) is 0. The van der Waals surface area contributed by atoms with Gasteiger partial charge in [0.25, 0.3) is 5.91 Å². The molecule has 30 heavy (non-hydrogen) atoms. The summed E-state index contributed by atoms with van der Waals surface area (Å²) in [4.78, 5) is 28.8. The van der Waals surface area contributed by atoms with Gasteiger partial charge in [-0.15, -0.1) is 0 Å². The predicted octanol–water partition coefficient (Wildman–Crippen LogP) is 2.83. The van der Waals surface area contributed by atoms with Crippen LogP contribution in [0.25, 0.3) is 0 Å². The number of carbonyl (C=O) groups excluding carboxylic acids is 2. The van der Waals surface area contributed by atoms with Gasteiger partial charge in [-0.25, -0.2) is 4.79 Å². The second-order valence-electron chi connectivity index (χ2n) is 7.85. The van der Waals surface area contributed by atoms with E-state index in [0.717, 1.165) is 31.6 Å². The van der Waals surface area contributed by atoms with Crippen LogP contribution in [-0.4, -0.2) is 55.7 Å². The summed E-state index contributed by atoms with van der Waals surface area (Å²) >= 11 is 0. The maximum absolute atomic E-state index is 12.7. The van der Waals surface area contributed by atoms with Gasteiger partial charge in [-0.3, -0.25) is 4.79 Å². The van der Waals surface area contributed by atoms with Gasteiger partial charge in [-0.1, -0.05) is 24.3 Å². The number of carbonyl (C=O) groups is 2. The van der Waals surface area contributed by atoms with Crippen LogP contribution in [0.2, 0.25) is 0 Å². The van der Waals surface area contributed by atoms with Crippen LogP contribution in [0.5, 0.6) is 5.75 Å². The van der Waals surface area contributed by atoms with Crippen molar-refractivity contribution in [1.82, 2.24) is 4.90 Å². The highest BCUT2D eigenvalue weighted by atomic mass is 16.6. The number of anilines is 1. The van der Waals surface area contributed by atoms with Crippen molar-refractivity contribution in [3.8, 4) is 5.75 Å². The minimum atomic E-state index is -0.815. The minimum Gasteiger partial charge on any atom is -0.482 e. The Morgan fingerprint density at radius 2 is 1.70 bits per heavy atom. The molecule has 0 unspecified atom stereocenters. The fourth-order valence-electron chi connectivity index (χ4n) is 4.14. The normalized spacial score (nSPS) is 16.7. The number of nitrogens with zero attached hydrogens (tertiary/aromatic N) is 2. The van der Waals surface area contributed by atoms with Gasteiger partial charge in [-0.05, 0) is 61.6 Å². The zero-order valence-corrected chi connectivity index (χ0v) is 17.4. The van der Waals surface area contributed by atoms with Crippen molar-refractivity contribution in [3.63, 3.8) is 0 Å². The van der Waals surface area contributed by atoms with Crippen LogP contribution < -0.4 is 9.64 Å². The van der Waals surface area contributed by atoms with E-state index in [0.29, 0.717) is 18.8 Å². The van der Waals surface area contributed by atoms with E-state index in [4.69, 9.17) is 9.47 Å². The molecule has 2 aromatic rings. The molecule has 1 saturated heterocycles. The van der Waals surface area contributed by atoms with E-state index in [2.05, 4.69) is 23.1 Å². The largest absolute Gasteiger partial charge is 0.482 e. The van der Waals surface area contributed by atoms with Gasteiger partial charge >= 0.3 is 5.97 Å². The molecule has 0 spiro atoms. The van der Waals surface area contributed by atoms with Crippen molar-refractivity contribution in [2.75, 3.05) is 37.7 Å². The number of benzene rings is 2. The van der Waals surface area contributed by atoms with Crippen LogP contribution in [0.15, 0.2) is 48.5 Å². The molecular weight excluding hydrogens is 380 g/mol. The molecule has 1 amide bonds. The number of para-hydroxylation sites is 1. The first-order valence-electron chi connectivity index (χ1n) is 10.6. The second kappa shape index (κ2) is 9.20. The summed E-state index contributed by atoms with van der Waals surface area (Å²) in [6, 6.07) is 16.1. The quantitative estimate of drug-likeness (QED) is 0.688. The van der Waals surface area contributed by atoms with Gasteiger partial charge in [0.05, 0.1) is 0 Å². The zero-order chi connectivity index (χ0) is 20.9. The molecule has 1 fully saturated rings. The molecule has 6 nitrogen and oxygen atoms in total. The molecule has 6 heteroatoms. The van der Waals surface area contributed by atoms with Crippen molar-refractivity contribution in [3.05, 3.63) is 59.7 Å². The summed E-state index contributed by atoms with van der Waals surface area (Å²) in [5, 5.41) is 0. The Morgan fingerprint density at radius 1 is 0.967 bits per heavy atom. The lowest BCUT2D eigenvalue weighted by Gasteiger charge is -2.37. The van der Waals surface area contributed by atoms with Crippen LogP contribution in [0.3, 0.4) is 0 Å². The van der Waals surface area contributed by atoms with Crippen molar-refractivity contribution in [2.45, 2.75) is 32.3 Å². The van der Waals surface area contributed by atoms with E-state index in [1.54, 1.807) is 11.8 Å². The molecule has 0 aromatic heterocycles. The lowest BCUT2D eigenvalue weighted by atomic mass is 10.1. The first kappa shape index (κ1) is 20.3. The van der Waals surface area contributed by atoms with Crippen LogP contribution in [-0.2, 0) is 27.2 Å². The summed E-state index contributed by atoms with van der Waals surface area (Å²) < 4.78 is 10.9. The van der Waals surface area contributed by atoms with Crippen LogP contribution in [0.1, 0.15) is 24.5 Å². The maximum atomic E-state index is 12.7. The molecule has 1 heterocycles. The molecule has 1 aliphatic carbocycles. The average Bonchev–Trinajstić information content (AvgIpc) is 3.26. The summed E-state index contributed by atoms with van der Waals surface area (Å²) in [6.45, 7) is 4.18. The Balaban J connectivity index is 1.22. The van der Waals surface area contributed by atoms with E-state index in [9.17, 15) is 9.59 Å². The monoisotopic (exact) mass is 408 g/mol. The van der Waals surface area contributed by atoms with E-state index in [1.165, 1.54) is 17.5 Å². The van der Waals surface area contributed by atoms with Gasteiger partial charge in [0.15, 0.2) is 12.7 Å². The fourth-order valence-corrected chi connectivity index (χ4v) is 4.14. The number of fused-ring (bicyclic) bond motifs is 1. The summed E-state index contributed by atoms with van der Waals surface area (Å²) in [6.07, 6.45) is 2.51. The Bertz CT molecular complexity index is 891. The van der Waals surface area contributed by atoms with E-state index in [-0.39, 0.29) is 12.5 Å². The highest BCUT2D eigenvalue weighted by molar-refractivity contribution is 5.84. The van der Waals surface area contributed by atoms with E-state index >= 15 is 0 Å². The SMILES string of the molecule is C[C@H](OC(=O)COc1ccc2c(c1)CCC2)C(=O)N1CCN(c2ccccc2)CC1. The molecule has 0 saturated carbocycles. The van der Waals surface area contributed by atoms with Crippen molar-refractivity contribution in [1.29, 1.82) is 0 Å². The Kier molecular flexibility index (Phi) is 6.21. The Hall–Kier alpha value is -3.02. The third-order valence-corrected chi connectivity index (χ3v) is 5.80. The summed E-state index contributed by atoms with van der Waals surface area (Å²) in [5.74, 6) is -0.0172. The topological polar surface area (TPSA) is 59.1 Å². The second-order valence-corrected chi connectivity index (χ2v) is 7.85. The highest BCUT2D eigenvalue weighted by Gasteiger charge is 2.27. The minimum absolute atomic E-state index is 0.159. The average molecular weight is 408 g/mol. The van der Waals surface area contributed by atoms with Crippen molar-refractivity contribution >= 4 is 17.6 Å².